The van der Waals surface area contributed by atoms with E-state index >= 15 is 0 Å². The van der Waals surface area contributed by atoms with Gasteiger partial charge in [0.25, 0.3) is 0 Å². The number of nitrogens with one attached hydrogen (secondary N) is 1. The molecule has 0 radical (unpaired) electrons. The van der Waals surface area contributed by atoms with Gasteiger partial charge < -0.3 is 5.32 Å². The molecule has 18 heavy (non-hydrogen) atoms. The summed E-state index contributed by atoms with van der Waals surface area (Å²) in [6.07, 6.45) is 1.74. The van der Waals surface area contributed by atoms with Crippen LogP contribution < -0.4 is 5.32 Å². The fraction of sp³-hybridized carbons (Fsp3) is 0. The Labute approximate surface area is 104 Å². The number of nitrogens with zero attached hydrogens (tertiary/aromatic N) is 1. The van der Waals surface area contributed by atoms with E-state index in [4.69, 9.17) is 0 Å². The van der Waals surface area contributed by atoms with Gasteiger partial charge in [0.15, 0.2) is 0 Å². The predicted octanol–water partition coefficient (Wildman–Crippen LogP) is 4.12. The zero-order chi connectivity index (χ0) is 12.4. The van der Waals surface area contributed by atoms with Crippen LogP contribution in [-0.4, -0.2) is 4.98 Å². The molecule has 0 amide bonds. The molecule has 0 aliphatic heterocycles. The average Bonchev–Trinajstić information content (AvgIpc) is 2.39. The maximum atomic E-state index is 13.1. The Morgan fingerprint density at radius 1 is 0.889 bits per heavy atom. The molecule has 0 atom stereocenters. The third-order valence-electron chi connectivity index (χ3n) is 2.70. The van der Waals surface area contributed by atoms with E-state index in [1.807, 2.05) is 36.4 Å². The molecule has 1 N–H and O–H groups in total. The molecule has 3 rings (SSSR count). The topological polar surface area (TPSA) is 24.9 Å². The van der Waals surface area contributed by atoms with Crippen molar-refractivity contribution in [2.24, 2.45) is 0 Å². The molecule has 0 saturated heterocycles. The summed E-state index contributed by atoms with van der Waals surface area (Å²) in [5.41, 5.74) is 2.51. The SMILES string of the molecule is Fc1cccc(Nc2cnc3ccccc3c2)c1. The van der Waals surface area contributed by atoms with Crippen molar-refractivity contribution in [3.8, 4) is 0 Å². The van der Waals surface area contributed by atoms with E-state index in [9.17, 15) is 4.39 Å². The average molecular weight is 238 g/mol. The molecule has 3 heteroatoms. The van der Waals surface area contributed by atoms with Gasteiger partial charge >= 0.3 is 0 Å². The summed E-state index contributed by atoms with van der Waals surface area (Å²) in [5, 5.41) is 4.19. The van der Waals surface area contributed by atoms with Crippen molar-refractivity contribution in [3.63, 3.8) is 0 Å². The van der Waals surface area contributed by atoms with Gasteiger partial charge in [-0.15, -0.1) is 0 Å². The van der Waals surface area contributed by atoms with Crippen molar-refractivity contribution < 1.29 is 4.39 Å². The van der Waals surface area contributed by atoms with E-state index in [-0.39, 0.29) is 5.82 Å². The molecule has 1 heterocycles. The minimum atomic E-state index is -0.256. The normalized spacial score (nSPS) is 10.5. The fourth-order valence-electron chi connectivity index (χ4n) is 1.87. The smallest absolute Gasteiger partial charge is 0.125 e. The number of fused-ring (bicyclic) bond motifs is 1. The maximum absolute atomic E-state index is 13.1. The number of aromatic nitrogens is 1. The van der Waals surface area contributed by atoms with E-state index in [0.29, 0.717) is 5.69 Å². The molecule has 0 aliphatic rings. The molecule has 0 bridgehead atoms. The number of pyridine rings is 1. The van der Waals surface area contributed by atoms with Crippen LogP contribution in [0, 0.1) is 5.82 Å². The van der Waals surface area contributed by atoms with Crippen LogP contribution in [0.4, 0.5) is 15.8 Å². The van der Waals surface area contributed by atoms with Crippen molar-refractivity contribution in [1.29, 1.82) is 0 Å². The van der Waals surface area contributed by atoms with Gasteiger partial charge in [-0.25, -0.2) is 4.39 Å². The van der Waals surface area contributed by atoms with Crippen molar-refractivity contribution in [2.75, 3.05) is 5.32 Å². The van der Waals surface area contributed by atoms with Crippen LogP contribution >= 0.6 is 0 Å². The van der Waals surface area contributed by atoms with Gasteiger partial charge in [-0.05, 0) is 30.3 Å². The van der Waals surface area contributed by atoms with Crippen LogP contribution in [0.5, 0.6) is 0 Å². The summed E-state index contributed by atoms with van der Waals surface area (Å²) in [5.74, 6) is -0.256. The first kappa shape index (κ1) is 10.7. The van der Waals surface area contributed by atoms with Gasteiger partial charge in [0.2, 0.25) is 0 Å². The van der Waals surface area contributed by atoms with Crippen LogP contribution in [0.3, 0.4) is 0 Å². The second kappa shape index (κ2) is 4.45. The van der Waals surface area contributed by atoms with E-state index in [1.54, 1.807) is 12.3 Å². The second-order valence-electron chi connectivity index (χ2n) is 4.05. The van der Waals surface area contributed by atoms with E-state index in [2.05, 4.69) is 10.3 Å². The first-order chi connectivity index (χ1) is 8.81. The second-order valence-corrected chi connectivity index (χ2v) is 4.05. The maximum Gasteiger partial charge on any atom is 0.125 e. The number of halogens is 1. The summed E-state index contributed by atoms with van der Waals surface area (Å²) < 4.78 is 13.1. The molecular weight excluding hydrogens is 227 g/mol. The molecule has 0 fully saturated rings. The van der Waals surface area contributed by atoms with Crippen molar-refractivity contribution in [2.45, 2.75) is 0 Å². The van der Waals surface area contributed by atoms with Crippen molar-refractivity contribution >= 4 is 22.3 Å². The Hall–Kier alpha value is -2.42. The number of rotatable bonds is 2. The number of benzene rings is 2. The molecule has 0 spiro atoms. The van der Waals surface area contributed by atoms with Crippen LogP contribution in [-0.2, 0) is 0 Å². The predicted molar refractivity (Wildman–Crippen MR) is 71.4 cm³/mol. The fourth-order valence-corrected chi connectivity index (χ4v) is 1.87. The van der Waals surface area contributed by atoms with Gasteiger partial charge in [0.05, 0.1) is 17.4 Å². The van der Waals surface area contributed by atoms with Gasteiger partial charge in [-0.2, -0.15) is 0 Å². The summed E-state index contributed by atoms with van der Waals surface area (Å²) in [6, 6.07) is 16.2. The zero-order valence-electron chi connectivity index (χ0n) is 9.60. The zero-order valence-corrected chi connectivity index (χ0v) is 9.60. The third-order valence-corrected chi connectivity index (χ3v) is 2.70. The quantitative estimate of drug-likeness (QED) is 0.726. The molecule has 0 saturated carbocycles. The number of hydrogen-bond donors (Lipinski definition) is 1. The summed E-state index contributed by atoms with van der Waals surface area (Å²) in [6.45, 7) is 0. The molecule has 88 valence electrons. The summed E-state index contributed by atoms with van der Waals surface area (Å²) >= 11 is 0. The lowest BCUT2D eigenvalue weighted by Crippen LogP contribution is -1.92. The minimum absolute atomic E-state index is 0.256. The molecule has 0 unspecified atom stereocenters. The minimum Gasteiger partial charge on any atom is -0.354 e. The largest absolute Gasteiger partial charge is 0.354 e. The molecule has 0 aliphatic carbocycles. The highest BCUT2D eigenvalue weighted by atomic mass is 19.1. The standard InChI is InChI=1S/C15H11FN2/c16-12-5-3-6-13(9-12)18-14-8-11-4-1-2-7-15(11)17-10-14/h1-10,18H. The van der Waals surface area contributed by atoms with Crippen LogP contribution in [0.1, 0.15) is 0 Å². The van der Waals surface area contributed by atoms with Gasteiger partial charge in [0, 0.05) is 11.1 Å². The highest BCUT2D eigenvalue weighted by Gasteiger charge is 1.99. The Balaban J connectivity index is 1.95. The van der Waals surface area contributed by atoms with Crippen LogP contribution in [0.2, 0.25) is 0 Å². The molecule has 2 nitrogen and oxygen atoms in total. The summed E-state index contributed by atoms with van der Waals surface area (Å²) in [7, 11) is 0. The van der Waals surface area contributed by atoms with E-state index in [1.165, 1.54) is 12.1 Å². The van der Waals surface area contributed by atoms with Gasteiger partial charge in [-0.3, -0.25) is 4.98 Å². The first-order valence-electron chi connectivity index (χ1n) is 5.69. The molecule has 2 aromatic carbocycles. The monoisotopic (exact) mass is 238 g/mol. The van der Waals surface area contributed by atoms with Crippen molar-refractivity contribution in [1.82, 2.24) is 4.98 Å². The lowest BCUT2D eigenvalue weighted by Gasteiger charge is -2.07. The number of hydrogen-bond acceptors (Lipinski definition) is 2. The number of anilines is 2. The van der Waals surface area contributed by atoms with Gasteiger partial charge in [0.1, 0.15) is 5.82 Å². The van der Waals surface area contributed by atoms with E-state index in [0.717, 1.165) is 16.6 Å². The van der Waals surface area contributed by atoms with Gasteiger partial charge in [-0.1, -0.05) is 24.3 Å². The summed E-state index contributed by atoms with van der Waals surface area (Å²) in [4.78, 5) is 4.34. The van der Waals surface area contributed by atoms with Crippen LogP contribution in [0.25, 0.3) is 10.9 Å². The first-order valence-corrected chi connectivity index (χ1v) is 5.69. The number of para-hydroxylation sites is 1. The Kier molecular flexibility index (Phi) is 2.65. The molecule has 3 aromatic rings. The van der Waals surface area contributed by atoms with E-state index < -0.39 is 0 Å². The Morgan fingerprint density at radius 3 is 2.67 bits per heavy atom. The van der Waals surface area contributed by atoms with Crippen LogP contribution in [0.15, 0.2) is 60.8 Å². The highest BCUT2D eigenvalue weighted by Crippen LogP contribution is 2.20. The third kappa shape index (κ3) is 2.15. The lowest BCUT2D eigenvalue weighted by atomic mass is 10.2. The molecule has 1 aromatic heterocycles. The van der Waals surface area contributed by atoms with Crippen molar-refractivity contribution in [3.05, 3.63) is 66.6 Å². The highest BCUT2D eigenvalue weighted by molar-refractivity contribution is 5.82. The molecular formula is C15H11FN2. The Morgan fingerprint density at radius 2 is 1.78 bits per heavy atom. The lowest BCUT2D eigenvalue weighted by molar-refractivity contribution is 0.628. The Bertz CT molecular complexity index is 695.